The van der Waals surface area contributed by atoms with Crippen LogP contribution in [0.2, 0.25) is 0 Å². The molecule has 1 aliphatic carbocycles. The first kappa shape index (κ1) is 15.7. The lowest BCUT2D eigenvalue weighted by Gasteiger charge is -2.38. The Balaban J connectivity index is 1.83. The second-order valence-electron chi connectivity index (χ2n) is 5.59. The minimum absolute atomic E-state index is 0.120. The Hall–Kier alpha value is -0.650. The zero-order chi connectivity index (χ0) is 14.4. The fraction of sp³-hybridized carbons (Fsp3) is 0.933. The topological polar surface area (TPSA) is 50.8 Å². The molecule has 0 aromatic carbocycles. The minimum atomic E-state index is -0.178. The van der Waals surface area contributed by atoms with Gasteiger partial charge in [0, 0.05) is 19.1 Å². The zero-order valence-electron chi connectivity index (χ0n) is 12.8. The van der Waals surface area contributed by atoms with Crippen molar-refractivity contribution in [3.05, 3.63) is 0 Å². The number of esters is 1. The van der Waals surface area contributed by atoms with E-state index in [9.17, 15) is 4.79 Å². The maximum absolute atomic E-state index is 11.9. The molecule has 0 amide bonds. The molecule has 2 fully saturated rings. The number of carbonyl (C=O) groups excluding carboxylic acids is 1. The van der Waals surface area contributed by atoms with Crippen molar-refractivity contribution in [2.75, 3.05) is 32.8 Å². The average Bonchev–Trinajstić information content (AvgIpc) is 2.92. The SMILES string of the molecule is CCNC(CCN1CCOC2CCCC21)C(=O)OCC. The number of rotatable bonds is 7. The van der Waals surface area contributed by atoms with Gasteiger partial charge in [0.05, 0.1) is 19.3 Å². The van der Waals surface area contributed by atoms with E-state index in [2.05, 4.69) is 10.2 Å². The van der Waals surface area contributed by atoms with Crippen LogP contribution in [0.3, 0.4) is 0 Å². The molecule has 3 unspecified atom stereocenters. The summed E-state index contributed by atoms with van der Waals surface area (Å²) in [6, 6.07) is 0.385. The quantitative estimate of drug-likeness (QED) is 0.711. The fourth-order valence-corrected chi connectivity index (χ4v) is 3.37. The number of nitrogens with zero attached hydrogens (tertiary/aromatic N) is 1. The summed E-state index contributed by atoms with van der Waals surface area (Å²) in [6.07, 6.45) is 4.92. The third kappa shape index (κ3) is 3.93. The Morgan fingerprint density at radius 1 is 1.45 bits per heavy atom. The van der Waals surface area contributed by atoms with Gasteiger partial charge in [0.15, 0.2) is 0 Å². The Morgan fingerprint density at radius 2 is 2.30 bits per heavy atom. The molecule has 116 valence electrons. The second-order valence-corrected chi connectivity index (χ2v) is 5.59. The molecular weight excluding hydrogens is 256 g/mol. The zero-order valence-corrected chi connectivity index (χ0v) is 12.8. The summed E-state index contributed by atoms with van der Waals surface area (Å²) in [5.74, 6) is -0.120. The molecule has 5 nitrogen and oxygen atoms in total. The van der Waals surface area contributed by atoms with Crippen molar-refractivity contribution in [3.8, 4) is 0 Å². The molecule has 0 bridgehead atoms. The monoisotopic (exact) mass is 284 g/mol. The van der Waals surface area contributed by atoms with Crippen molar-refractivity contribution in [2.24, 2.45) is 0 Å². The highest BCUT2D eigenvalue weighted by Crippen LogP contribution is 2.29. The molecule has 1 aliphatic heterocycles. The molecule has 5 heteroatoms. The molecule has 0 radical (unpaired) electrons. The minimum Gasteiger partial charge on any atom is -0.465 e. The maximum atomic E-state index is 11.9. The van der Waals surface area contributed by atoms with Gasteiger partial charge in [-0.2, -0.15) is 0 Å². The first-order chi connectivity index (χ1) is 9.76. The van der Waals surface area contributed by atoms with Gasteiger partial charge in [0.2, 0.25) is 0 Å². The Bertz CT molecular complexity index is 311. The molecule has 1 N–H and O–H groups in total. The molecule has 3 atom stereocenters. The number of nitrogens with one attached hydrogen (secondary N) is 1. The predicted molar refractivity (Wildman–Crippen MR) is 77.7 cm³/mol. The lowest BCUT2D eigenvalue weighted by Crippen LogP contribution is -2.50. The molecule has 0 aromatic heterocycles. The van der Waals surface area contributed by atoms with Crippen LogP contribution in [0.4, 0.5) is 0 Å². The third-order valence-corrected chi connectivity index (χ3v) is 4.32. The number of hydrogen-bond acceptors (Lipinski definition) is 5. The van der Waals surface area contributed by atoms with Crippen molar-refractivity contribution in [1.29, 1.82) is 0 Å². The summed E-state index contributed by atoms with van der Waals surface area (Å²) in [5.41, 5.74) is 0. The van der Waals surface area contributed by atoms with Crippen LogP contribution in [0.1, 0.15) is 39.5 Å². The van der Waals surface area contributed by atoms with E-state index in [1.165, 1.54) is 19.3 Å². The van der Waals surface area contributed by atoms with E-state index >= 15 is 0 Å². The standard InChI is InChI=1S/C15H28N2O3/c1-3-16-12(15(18)19-4-2)8-9-17-10-11-20-14-7-5-6-13(14)17/h12-14,16H,3-11H2,1-2H3. The molecule has 2 rings (SSSR count). The van der Waals surface area contributed by atoms with Crippen molar-refractivity contribution in [2.45, 2.75) is 57.7 Å². The number of fused-ring (bicyclic) bond motifs is 1. The number of carbonyl (C=O) groups is 1. The van der Waals surface area contributed by atoms with E-state index in [0.29, 0.717) is 18.8 Å². The Kier molecular flexibility index (Phi) is 6.26. The summed E-state index contributed by atoms with van der Waals surface area (Å²) in [4.78, 5) is 14.4. The first-order valence-electron chi connectivity index (χ1n) is 8.02. The highest BCUT2D eigenvalue weighted by atomic mass is 16.5. The lowest BCUT2D eigenvalue weighted by molar-refractivity contribution is -0.146. The molecular formula is C15H28N2O3. The fourth-order valence-electron chi connectivity index (χ4n) is 3.37. The predicted octanol–water partition coefficient (Wildman–Crippen LogP) is 1.17. The van der Waals surface area contributed by atoms with Gasteiger partial charge in [-0.15, -0.1) is 0 Å². The summed E-state index contributed by atoms with van der Waals surface area (Å²) in [7, 11) is 0. The smallest absolute Gasteiger partial charge is 0.323 e. The highest BCUT2D eigenvalue weighted by molar-refractivity contribution is 5.75. The third-order valence-electron chi connectivity index (χ3n) is 4.32. The van der Waals surface area contributed by atoms with Gasteiger partial charge in [-0.1, -0.05) is 6.92 Å². The van der Waals surface area contributed by atoms with Gasteiger partial charge >= 0.3 is 5.97 Å². The van der Waals surface area contributed by atoms with Crippen molar-refractivity contribution in [3.63, 3.8) is 0 Å². The van der Waals surface area contributed by atoms with Crippen LogP contribution >= 0.6 is 0 Å². The average molecular weight is 284 g/mol. The van der Waals surface area contributed by atoms with Crippen molar-refractivity contribution >= 4 is 5.97 Å². The summed E-state index contributed by atoms with van der Waals surface area (Å²) in [5, 5.41) is 3.23. The van der Waals surface area contributed by atoms with Gasteiger partial charge in [0.1, 0.15) is 6.04 Å². The largest absolute Gasteiger partial charge is 0.465 e. The van der Waals surface area contributed by atoms with Gasteiger partial charge in [-0.25, -0.2) is 0 Å². The van der Waals surface area contributed by atoms with E-state index in [1.807, 2.05) is 13.8 Å². The van der Waals surface area contributed by atoms with E-state index < -0.39 is 0 Å². The normalized spacial score (nSPS) is 28.1. The molecule has 20 heavy (non-hydrogen) atoms. The van der Waals surface area contributed by atoms with E-state index in [0.717, 1.165) is 32.7 Å². The van der Waals surface area contributed by atoms with Gasteiger partial charge < -0.3 is 14.8 Å². The first-order valence-corrected chi connectivity index (χ1v) is 8.02. The molecule has 2 aliphatic rings. The summed E-state index contributed by atoms with van der Waals surface area (Å²) >= 11 is 0. The van der Waals surface area contributed by atoms with Crippen LogP contribution in [0.25, 0.3) is 0 Å². The van der Waals surface area contributed by atoms with Crippen LogP contribution in [0, 0.1) is 0 Å². The van der Waals surface area contributed by atoms with E-state index in [1.54, 1.807) is 0 Å². The molecule has 1 saturated carbocycles. The van der Waals surface area contributed by atoms with E-state index in [4.69, 9.17) is 9.47 Å². The van der Waals surface area contributed by atoms with Gasteiger partial charge in [0.25, 0.3) is 0 Å². The van der Waals surface area contributed by atoms with Crippen LogP contribution in [0.15, 0.2) is 0 Å². The van der Waals surface area contributed by atoms with Crippen LogP contribution in [-0.4, -0.2) is 61.9 Å². The van der Waals surface area contributed by atoms with Crippen LogP contribution < -0.4 is 5.32 Å². The highest BCUT2D eigenvalue weighted by Gasteiger charge is 2.36. The molecule has 1 heterocycles. The van der Waals surface area contributed by atoms with Crippen molar-refractivity contribution in [1.82, 2.24) is 10.2 Å². The number of likely N-dealkylation sites (N-methyl/N-ethyl adjacent to an activating group) is 1. The van der Waals surface area contributed by atoms with Gasteiger partial charge in [-0.3, -0.25) is 9.69 Å². The lowest BCUT2D eigenvalue weighted by atomic mass is 10.1. The van der Waals surface area contributed by atoms with Crippen LogP contribution in [-0.2, 0) is 14.3 Å². The summed E-state index contributed by atoms with van der Waals surface area (Å²) < 4.78 is 11.0. The number of ether oxygens (including phenoxy) is 2. The Morgan fingerprint density at radius 3 is 3.05 bits per heavy atom. The van der Waals surface area contributed by atoms with E-state index in [-0.39, 0.29) is 12.0 Å². The molecule has 1 saturated heterocycles. The maximum Gasteiger partial charge on any atom is 0.323 e. The Labute approximate surface area is 122 Å². The van der Waals surface area contributed by atoms with Crippen LogP contribution in [0.5, 0.6) is 0 Å². The summed E-state index contributed by atoms with van der Waals surface area (Å²) in [6.45, 7) is 7.87. The number of hydrogen-bond donors (Lipinski definition) is 1. The molecule has 0 aromatic rings. The second kappa shape index (κ2) is 7.96. The molecule has 0 spiro atoms. The van der Waals surface area contributed by atoms with Crippen molar-refractivity contribution < 1.29 is 14.3 Å². The number of morpholine rings is 1. The van der Waals surface area contributed by atoms with Gasteiger partial charge in [-0.05, 0) is 39.2 Å².